The van der Waals surface area contributed by atoms with Gasteiger partial charge in [0.05, 0.1) is 18.9 Å². The van der Waals surface area contributed by atoms with Crippen LogP contribution in [0.1, 0.15) is 23.0 Å². The maximum absolute atomic E-state index is 14.8. The van der Waals surface area contributed by atoms with E-state index in [9.17, 15) is 13.6 Å². The van der Waals surface area contributed by atoms with Gasteiger partial charge in [0, 0.05) is 22.9 Å². The van der Waals surface area contributed by atoms with Crippen molar-refractivity contribution in [2.75, 3.05) is 17.7 Å². The Hall–Kier alpha value is -2.52. The van der Waals surface area contributed by atoms with E-state index in [1.54, 1.807) is 6.07 Å². The molecule has 2 aliphatic heterocycles. The number of nitrogens with zero attached hydrogens (tertiary/aromatic N) is 2. The summed E-state index contributed by atoms with van der Waals surface area (Å²) in [4.78, 5) is 20.7. The van der Waals surface area contributed by atoms with Crippen molar-refractivity contribution in [1.29, 1.82) is 0 Å². The molecule has 3 unspecified atom stereocenters. The number of thioether (sulfide) groups is 1. The van der Waals surface area contributed by atoms with Gasteiger partial charge in [-0.2, -0.15) is 0 Å². The Kier molecular flexibility index (Phi) is 4.80. The number of pyridine rings is 1. The lowest BCUT2D eigenvalue weighted by Crippen LogP contribution is -2.41. The summed E-state index contributed by atoms with van der Waals surface area (Å²) < 4.78 is 33.6. The maximum atomic E-state index is 14.8. The molecular weight excluding hydrogens is 386 g/mol. The molecule has 3 N–H and O–H groups in total. The molecule has 0 radical (unpaired) electrons. The van der Waals surface area contributed by atoms with Crippen molar-refractivity contribution in [3.63, 3.8) is 0 Å². The zero-order valence-electron chi connectivity index (χ0n) is 15.0. The van der Waals surface area contributed by atoms with Crippen molar-refractivity contribution >= 4 is 28.5 Å². The highest BCUT2D eigenvalue weighted by Gasteiger charge is 2.52. The topological polar surface area (TPSA) is 89.6 Å². The van der Waals surface area contributed by atoms with Gasteiger partial charge in [0.2, 0.25) is 0 Å². The zero-order valence-corrected chi connectivity index (χ0v) is 15.8. The van der Waals surface area contributed by atoms with Crippen molar-refractivity contribution in [3.05, 3.63) is 59.4 Å². The Bertz CT molecular complexity index is 953. The molecule has 3 atom stereocenters. The predicted molar refractivity (Wildman–Crippen MR) is 103 cm³/mol. The summed E-state index contributed by atoms with van der Waals surface area (Å²) in [6.07, 6.45) is 0.869. The van der Waals surface area contributed by atoms with Crippen LogP contribution in [0.4, 0.5) is 14.5 Å². The van der Waals surface area contributed by atoms with Crippen molar-refractivity contribution in [2.45, 2.75) is 18.6 Å². The molecule has 2 aromatic rings. The number of nitrogens with one attached hydrogen (secondary N) is 1. The summed E-state index contributed by atoms with van der Waals surface area (Å²) >= 11 is 1.43. The Morgan fingerprint density at radius 2 is 2.18 bits per heavy atom. The second-order valence-electron chi connectivity index (χ2n) is 6.82. The highest BCUT2D eigenvalue weighted by molar-refractivity contribution is 8.13. The van der Waals surface area contributed by atoms with Crippen LogP contribution in [-0.4, -0.2) is 34.5 Å². The van der Waals surface area contributed by atoms with Gasteiger partial charge in [-0.25, -0.2) is 18.8 Å². The molecule has 6 nitrogen and oxygen atoms in total. The second-order valence-corrected chi connectivity index (χ2v) is 7.86. The quantitative estimate of drug-likeness (QED) is 0.821. The number of amidine groups is 1. The summed E-state index contributed by atoms with van der Waals surface area (Å²) in [5.74, 6) is -0.865. The predicted octanol–water partition coefficient (Wildman–Crippen LogP) is 2.90. The molecule has 1 fully saturated rings. The third-order valence-electron chi connectivity index (χ3n) is 5.12. The van der Waals surface area contributed by atoms with Crippen LogP contribution in [-0.2, 0) is 10.3 Å². The first-order chi connectivity index (χ1) is 13.4. The summed E-state index contributed by atoms with van der Waals surface area (Å²) in [6.45, 7) is 2.15. The van der Waals surface area contributed by atoms with E-state index in [2.05, 4.69) is 15.3 Å². The molecule has 28 heavy (non-hydrogen) atoms. The van der Waals surface area contributed by atoms with Gasteiger partial charge in [-0.05, 0) is 37.3 Å². The molecule has 2 aliphatic rings. The lowest BCUT2D eigenvalue weighted by atomic mass is 9.79. The van der Waals surface area contributed by atoms with Crippen molar-refractivity contribution < 1.29 is 18.3 Å². The maximum Gasteiger partial charge on any atom is 0.274 e. The van der Waals surface area contributed by atoms with Gasteiger partial charge in [0.1, 0.15) is 22.9 Å². The van der Waals surface area contributed by atoms with E-state index in [1.807, 2.05) is 6.92 Å². The van der Waals surface area contributed by atoms with Gasteiger partial charge in [0.15, 0.2) is 5.17 Å². The summed E-state index contributed by atoms with van der Waals surface area (Å²) in [5, 5.41) is 3.05. The molecule has 4 rings (SSSR count). The van der Waals surface area contributed by atoms with E-state index in [4.69, 9.17) is 10.5 Å². The van der Waals surface area contributed by atoms with E-state index >= 15 is 0 Å². The summed E-state index contributed by atoms with van der Waals surface area (Å²) in [6, 6.07) is 6.72. The van der Waals surface area contributed by atoms with Gasteiger partial charge in [-0.15, -0.1) is 0 Å². The van der Waals surface area contributed by atoms with Crippen LogP contribution in [0, 0.1) is 17.6 Å². The number of anilines is 1. The molecule has 1 amide bonds. The monoisotopic (exact) mass is 404 g/mol. The number of carbonyl (C=O) groups excluding carboxylic acids is 1. The number of carbonyl (C=O) groups is 1. The number of ether oxygens (including phenoxy) is 1. The Morgan fingerprint density at radius 3 is 2.93 bits per heavy atom. The minimum atomic E-state index is -0.923. The highest BCUT2D eigenvalue weighted by Crippen LogP contribution is 2.48. The van der Waals surface area contributed by atoms with Gasteiger partial charge in [-0.3, -0.25) is 4.79 Å². The number of rotatable bonds is 3. The van der Waals surface area contributed by atoms with E-state index in [-0.39, 0.29) is 24.3 Å². The molecule has 1 saturated heterocycles. The van der Waals surface area contributed by atoms with Gasteiger partial charge < -0.3 is 15.8 Å². The number of benzene rings is 1. The van der Waals surface area contributed by atoms with Crippen molar-refractivity contribution in [1.82, 2.24) is 4.98 Å². The molecule has 3 heterocycles. The van der Waals surface area contributed by atoms with Gasteiger partial charge in [-0.1, -0.05) is 11.8 Å². The normalized spacial score (nSPS) is 26.5. The number of hydrogen-bond acceptors (Lipinski definition) is 6. The fourth-order valence-corrected chi connectivity index (χ4v) is 4.76. The zero-order chi connectivity index (χ0) is 19.9. The molecule has 1 aromatic heterocycles. The molecule has 146 valence electrons. The minimum Gasteiger partial charge on any atom is -0.379 e. The lowest BCUT2D eigenvalue weighted by molar-refractivity contribution is 0.102. The van der Waals surface area contributed by atoms with E-state index in [1.165, 1.54) is 30.0 Å². The number of halogens is 2. The largest absolute Gasteiger partial charge is 0.379 e. The third-order valence-corrected chi connectivity index (χ3v) is 6.03. The van der Waals surface area contributed by atoms with E-state index in [0.29, 0.717) is 22.2 Å². The van der Waals surface area contributed by atoms with E-state index < -0.39 is 23.1 Å². The Balaban J connectivity index is 1.68. The summed E-state index contributed by atoms with van der Waals surface area (Å²) in [5.41, 5.74) is 5.78. The number of aliphatic imine (C=N–C) groups is 1. The number of amides is 1. The first kappa shape index (κ1) is 18.8. The van der Waals surface area contributed by atoms with Crippen LogP contribution in [0.15, 0.2) is 41.5 Å². The molecule has 1 aromatic carbocycles. The molecule has 0 spiro atoms. The second kappa shape index (κ2) is 7.14. The average molecular weight is 404 g/mol. The molecule has 0 saturated carbocycles. The Labute approximate surface area is 164 Å². The van der Waals surface area contributed by atoms with Crippen molar-refractivity contribution in [2.24, 2.45) is 16.6 Å². The van der Waals surface area contributed by atoms with Crippen LogP contribution in [0.5, 0.6) is 0 Å². The van der Waals surface area contributed by atoms with Gasteiger partial charge >= 0.3 is 0 Å². The lowest BCUT2D eigenvalue weighted by Gasteiger charge is -2.35. The first-order valence-electron chi connectivity index (χ1n) is 8.72. The molecular formula is C19H18F2N4O2S. The molecule has 9 heteroatoms. The Morgan fingerprint density at radius 1 is 1.36 bits per heavy atom. The van der Waals surface area contributed by atoms with E-state index in [0.717, 1.165) is 12.3 Å². The number of fused-ring (bicyclic) bond motifs is 1. The molecule has 0 aliphatic carbocycles. The van der Waals surface area contributed by atoms with Crippen LogP contribution >= 0.6 is 11.8 Å². The highest BCUT2D eigenvalue weighted by atomic mass is 32.2. The minimum absolute atomic E-state index is 0.0379. The SMILES string of the molecule is CC1OCC2(c3cc(NC(=O)c4ccc(F)cn4)ccc3F)N=C(N)SCC12. The van der Waals surface area contributed by atoms with Crippen LogP contribution < -0.4 is 11.1 Å². The fraction of sp³-hybridized carbons (Fsp3) is 0.316. The standard InChI is InChI=1S/C19H18F2N4O2S/c1-10-14-8-28-18(22)25-19(14,9-27-10)13-6-12(3-4-15(13)21)24-17(26)16-5-2-11(20)7-23-16/h2-7,10,14H,8-9H2,1H3,(H2,22,25)(H,24,26). The number of aromatic nitrogens is 1. The first-order valence-corrected chi connectivity index (χ1v) is 9.70. The van der Waals surface area contributed by atoms with Gasteiger partial charge in [0.25, 0.3) is 5.91 Å². The summed E-state index contributed by atoms with van der Waals surface area (Å²) in [7, 11) is 0. The smallest absolute Gasteiger partial charge is 0.274 e. The average Bonchev–Trinajstić information content (AvgIpc) is 3.00. The fourth-order valence-electron chi connectivity index (χ4n) is 3.64. The van der Waals surface area contributed by atoms with Crippen molar-refractivity contribution in [3.8, 4) is 0 Å². The van der Waals surface area contributed by atoms with Crippen LogP contribution in [0.3, 0.4) is 0 Å². The number of hydrogen-bond donors (Lipinski definition) is 2. The molecule has 0 bridgehead atoms. The number of nitrogens with two attached hydrogens (primary N) is 1. The van der Waals surface area contributed by atoms with Crippen LogP contribution in [0.2, 0.25) is 0 Å². The van der Waals surface area contributed by atoms with Crippen LogP contribution in [0.25, 0.3) is 0 Å². The third kappa shape index (κ3) is 3.24.